The normalized spacial score (nSPS) is 11.3. The second-order valence-electron chi connectivity index (χ2n) is 4.74. The van der Waals surface area contributed by atoms with Crippen LogP contribution < -0.4 is 5.73 Å². The van der Waals surface area contributed by atoms with Gasteiger partial charge >= 0.3 is 0 Å². The molecule has 0 aliphatic carbocycles. The van der Waals surface area contributed by atoms with Crippen LogP contribution in [0.5, 0.6) is 0 Å². The number of hydrogen-bond acceptors (Lipinski definition) is 4. The summed E-state index contributed by atoms with van der Waals surface area (Å²) < 4.78 is 12.7. The summed E-state index contributed by atoms with van der Waals surface area (Å²) in [6, 6.07) is 5.90. The van der Waals surface area contributed by atoms with Gasteiger partial charge in [0.1, 0.15) is 5.82 Å². The van der Waals surface area contributed by atoms with E-state index in [1.165, 1.54) is 0 Å². The summed E-state index contributed by atoms with van der Waals surface area (Å²) in [5.74, 6) is 1.10. The van der Waals surface area contributed by atoms with Gasteiger partial charge in [-0.25, -0.2) is 4.98 Å². The van der Waals surface area contributed by atoms with Gasteiger partial charge in [-0.2, -0.15) is 0 Å². The maximum atomic E-state index is 5.81. The minimum Gasteiger partial charge on any atom is -0.399 e. The lowest BCUT2D eigenvalue weighted by atomic mass is 10.3. The predicted molar refractivity (Wildman–Crippen MR) is 80.8 cm³/mol. The number of fused-ring (bicyclic) bond motifs is 1. The first-order valence-electron chi connectivity index (χ1n) is 7.07. The summed E-state index contributed by atoms with van der Waals surface area (Å²) in [5.41, 5.74) is 8.69. The first-order valence-corrected chi connectivity index (χ1v) is 7.07. The Labute approximate surface area is 119 Å². The van der Waals surface area contributed by atoms with Crippen molar-refractivity contribution in [1.29, 1.82) is 0 Å². The molecule has 1 aromatic carbocycles. The molecule has 0 radical (unpaired) electrons. The summed E-state index contributed by atoms with van der Waals surface area (Å²) in [5, 5.41) is 0. The van der Waals surface area contributed by atoms with Gasteiger partial charge in [-0.05, 0) is 24.6 Å². The molecule has 5 nitrogen and oxygen atoms in total. The number of anilines is 1. The van der Waals surface area contributed by atoms with E-state index in [1.54, 1.807) is 7.11 Å². The highest BCUT2D eigenvalue weighted by Gasteiger charge is 2.09. The van der Waals surface area contributed by atoms with Crippen LogP contribution in [0.15, 0.2) is 18.2 Å². The first kappa shape index (κ1) is 14.8. The molecule has 0 saturated heterocycles. The molecule has 5 heteroatoms. The van der Waals surface area contributed by atoms with E-state index in [2.05, 4.69) is 16.5 Å². The van der Waals surface area contributed by atoms with Gasteiger partial charge in [0.15, 0.2) is 0 Å². The Kier molecular flexibility index (Phi) is 5.38. The first-order chi connectivity index (χ1) is 9.76. The number of nitrogens with zero attached hydrogens (tertiary/aromatic N) is 2. The number of hydrogen-bond donors (Lipinski definition) is 1. The maximum Gasteiger partial charge on any atom is 0.109 e. The van der Waals surface area contributed by atoms with Gasteiger partial charge in [-0.3, -0.25) is 0 Å². The van der Waals surface area contributed by atoms with Crippen LogP contribution in [-0.2, 0) is 22.4 Å². The van der Waals surface area contributed by atoms with Crippen molar-refractivity contribution in [3.63, 3.8) is 0 Å². The van der Waals surface area contributed by atoms with Gasteiger partial charge in [0.05, 0.1) is 24.2 Å². The third kappa shape index (κ3) is 3.49. The number of aryl methyl sites for hydroxylation is 2. The predicted octanol–water partition coefficient (Wildman–Crippen LogP) is 2.23. The molecule has 1 heterocycles. The quantitative estimate of drug-likeness (QED) is 0.593. The summed E-state index contributed by atoms with van der Waals surface area (Å²) in [6.45, 7) is 5.07. The largest absolute Gasteiger partial charge is 0.399 e. The lowest BCUT2D eigenvalue weighted by Crippen LogP contribution is -2.08. The fourth-order valence-electron chi connectivity index (χ4n) is 2.29. The topological polar surface area (TPSA) is 62.3 Å². The molecule has 0 fully saturated rings. The van der Waals surface area contributed by atoms with Crippen LogP contribution in [0.3, 0.4) is 0 Å². The van der Waals surface area contributed by atoms with E-state index in [0.717, 1.165) is 48.5 Å². The van der Waals surface area contributed by atoms with Crippen molar-refractivity contribution in [2.24, 2.45) is 0 Å². The van der Waals surface area contributed by atoms with Crippen molar-refractivity contribution >= 4 is 16.7 Å². The molecule has 2 rings (SSSR count). The Balaban J connectivity index is 2.01. The van der Waals surface area contributed by atoms with Crippen LogP contribution >= 0.6 is 0 Å². The molecule has 0 saturated carbocycles. The molecule has 0 spiro atoms. The van der Waals surface area contributed by atoms with E-state index in [1.807, 2.05) is 18.2 Å². The highest BCUT2D eigenvalue weighted by molar-refractivity contribution is 5.79. The second kappa shape index (κ2) is 7.26. The standard InChI is InChI=1S/C15H23N3O2/c1-3-15-17-13-11-12(16)5-6-14(13)18(15)7-4-8-20-10-9-19-2/h5-6,11H,3-4,7-10,16H2,1-2H3. The van der Waals surface area contributed by atoms with E-state index in [-0.39, 0.29) is 0 Å². The summed E-state index contributed by atoms with van der Waals surface area (Å²) in [4.78, 5) is 4.64. The average molecular weight is 277 g/mol. The van der Waals surface area contributed by atoms with Crippen LogP contribution in [-0.4, -0.2) is 36.5 Å². The molecule has 20 heavy (non-hydrogen) atoms. The zero-order valence-electron chi connectivity index (χ0n) is 12.3. The number of benzene rings is 1. The van der Waals surface area contributed by atoms with E-state index in [9.17, 15) is 0 Å². The monoisotopic (exact) mass is 277 g/mol. The molecule has 1 aromatic heterocycles. The van der Waals surface area contributed by atoms with Crippen molar-refractivity contribution in [1.82, 2.24) is 9.55 Å². The van der Waals surface area contributed by atoms with Crippen LogP contribution in [0.2, 0.25) is 0 Å². The molecule has 2 aromatic rings. The van der Waals surface area contributed by atoms with Crippen LogP contribution in [0.1, 0.15) is 19.2 Å². The molecule has 0 amide bonds. The fourth-order valence-corrected chi connectivity index (χ4v) is 2.29. The lowest BCUT2D eigenvalue weighted by molar-refractivity contribution is 0.0680. The van der Waals surface area contributed by atoms with E-state index >= 15 is 0 Å². The summed E-state index contributed by atoms with van der Waals surface area (Å²) >= 11 is 0. The molecule has 110 valence electrons. The Morgan fingerprint density at radius 1 is 1.25 bits per heavy atom. The van der Waals surface area contributed by atoms with Crippen LogP contribution in [0.25, 0.3) is 11.0 Å². The highest BCUT2D eigenvalue weighted by Crippen LogP contribution is 2.19. The molecular weight excluding hydrogens is 254 g/mol. The summed E-state index contributed by atoms with van der Waals surface area (Å²) in [7, 11) is 1.68. The minimum absolute atomic E-state index is 0.646. The van der Waals surface area contributed by atoms with Gasteiger partial charge in [-0.15, -0.1) is 0 Å². The van der Waals surface area contributed by atoms with Gasteiger partial charge < -0.3 is 19.8 Å². The number of nitrogens with two attached hydrogens (primary N) is 1. The van der Waals surface area contributed by atoms with Crippen molar-refractivity contribution in [2.75, 3.05) is 32.7 Å². The number of ether oxygens (including phenoxy) is 2. The summed E-state index contributed by atoms with van der Waals surface area (Å²) in [6.07, 6.45) is 1.88. The molecule has 0 bridgehead atoms. The number of imidazole rings is 1. The maximum absolute atomic E-state index is 5.81. The molecule has 0 unspecified atom stereocenters. The van der Waals surface area contributed by atoms with Crippen molar-refractivity contribution < 1.29 is 9.47 Å². The van der Waals surface area contributed by atoms with Gasteiger partial charge in [0.2, 0.25) is 0 Å². The highest BCUT2D eigenvalue weighted by atomic mass is 16.5. The fraction of sp³-hybridized carbons (Fsp3) is 0.533. The molecule has 2 N–H and O–H groups in total. The van der Waals surface area contributed by atoms with Crippen LogP contribution in [0.4, 0.5) is 5.69 Å². The molecule has 0 atom stereocenters. The third-order valence-electron chi connectivity index (χ3n) is 3.27. The smallest absolute Gasteiger partial charge is 0.109 e. The Morgan fingerprint density at radius 2 is 2.10 bits per heavy atom. The SMILES string of the molecule is CCc1nc2cc(N)ccc2n1CCCOCCOC. The Hall–Kier alpha value is -1.59. The molecule has 0 aliphatic rings. The van der Waals surface area contributed by atoms with Crippen molar-refractivity contribution in [3.05, 3.63) is 24.0 Å². The third-order valence-corrected chi connectivity index (χ3v) is 3.27. The van der Waals surface area contributed by atoms with Crippen molar-refractivity contribution in [3.8, 4) is 0 Å². The Bertz CT molecular complexity index is 551. The van der Waals surface area contributed by atoms with Crippen molar-refractivity contribution in [2.45, 2.75) is 26.3 Å². The number of aromatic nitrogens is 2. The Morgan fingerprint density at radius 3 is 2.85 bits per heavy atom. The van der Waals surface area contributed by atoms with Gasteiger partial charge in [0, 0.05) is 32.4 Å². The molecule has 0 aliphatic heterocycles. The van der Waals surface area contributed by atoms with Gasteiger partial charge in [0.25, 0.3) is 0 Å². The van der Waals surface area contributed by atoms with Gasteiger partial charge in [-0.1, -0.05) is 6.92 Å². The lowest BCUT2D eigenvalue weighted by Gasteiger charge is -2.08. The number of rotatable bonds is 8. The minimum atomic E-state index is 0.646. The second-order valence-corrected chi connectivity index (χ2v) is 4.74. The van der Waals surface area contributed by atoms with E-state index in [0.29, 0.717) is 13.2 Å². The van der Waals surface area contributed by atoms with E-state index in [4.69, 9.17) is 15.2 Å². The zero-order chi connectivity index (χ0) is 14.4. The van der Waals surface area contributed by atoms with Crippen LogP contribution in [0, 0.1) is 0 Å². The number of nitrogen functional groups attached to an aromatic ring is 1. The molecular formula is C15H23N3O2. The van der Waals surface area contributed by atoms with E-state index < -0.39 is 0 Å². The zero-order valence-corrected chi connectivity index (χ0v) is 12.3. The number of methoxy groups -OCH3 is 1. The average Bonchev–Trinajstić information content (AvgIpc) is 2.79.